The fourth-order valence-electron chi connectivity index (χ4n) is 1.15. The maximum Gasteiger partial charge on any atom is 0.0303 e. The van der Waals surface area contributed by atoms with Gasteiger partial charge in [0.25, 0.3) is 0 Å². The summed E-state index contributed by atoms with van der Waals surface area (Å²) in [6.45, 7) is 4.17. The van der Waals surface area contributed by atoms with Crippen LogP contribution >= 0.6 is 15.9 Å². The number of hydrogen-bond acceptors (Lipinski definition) is 1. The molecular weight excluding hydrogens is 214 g/mol. The first-order valence-corrected chi connectivity index (χ1v) is 4.96. The first-order valence-electron chi connectivity index (χ1n) is 4.16. The lowest BCUT2D eigenvalue weighted by atomic mass is 10.0. The molecule has 1 atom stereocenters. The molecule has 0 spiro atoms. The number of rotatable bonds is 2. The number of nitrogens with two attached hydrogens (primary N) is 1. The number of aryl methyl sites for hydroxylation is 1. The van der Waals surface area contributed by atoms with E-state index in [4.69, 9.17) is 5.73 Å². The second-order valence-corrected chi connectivity index (χ2v) is 3.89. The van der Waals surface area contributed by atoms with Crippen molar-refractivity contribution in [2.75, 3.05) is 0 Å². The van der Waals surface area contributed by atoms with Gasteiger partial charge in [0.15, 0.2) is 0 Å². The minimum Gasteiger partial charge on any atom is -0.324 e. The highest BCUT2D eigenvalue weighted by Gasteiger charge is 2.06. The Morgan fingerprint density at radius 1 is 1.50 bits per heavy atom. The van der Waals surface area contributed by atoms with Gasteiger partial charge in [0, 0.05) is 10.5 Å². The average Bonchev–Trinajstić information content (AvgIpc) is 2.03. The molecule has 0 aromatic heterocycles. The van der Waals surface area contributed by atoms with Crippen LogP contribution in [-0.4, -0.2) is 0 Å². The van der Waals surface area contributed by atoms with Crippen LogP contribution in [0.2, 0.25) is 0 Å². The van der Waals surface area contributed by atoms with Crippen molar-refractivity contribution in [3.63, 3.8) is 0 Å². The van der Waals surface area contributed by atoms with Crippen LogP contribution in [-0.2, 0) is 0 Å². The highest BCUT2D eigenvalue weighted by molar-refractivity contribution is 9.10. The zero-order valence-electron chi connectivity index (χ0n) is 7.47. The molecule has 0 aliphatic carbocycles. The summed E-state index contributed by atoms with van der Waals surface area (Å²) in [4.78, 5) is 0. The molecule has 0 bridgehead atoms. The first-order chi connectivity index (χ1) is 5.65. The van der Waals surface area contributed by atoms with Crippen LogP contribution in [0.3, 0.4) is 0 Å². The Hall–Kier alpha value is -0.340. The quantitative estimate of drug-likeness (QED) is 0.826. The second kappa shape index (κ2) is 4.06. The molecule has 1 rings (SSSR count). The predicted molar refractivity (Wildman–Crippen MR) is 56.1 cm³/mol. The molecule has 2 N–H and O–H groups in total. The monoisotopic (exact) mass is 227 g/mol. The average molecular weight is 228 g/mol. The molecule has 0 fully saturated rings. The zero-order chi connectivity index (χ0) is 9.14. The van der Waals surface area contributed by atoms with Crippen LogP contribution in [0, 0.1) is 6.92 Å². The Kier molecular flexibility index (Phi) is 3.29. The van der Waals surface area contributed by atoms with Gasteiger partial charge >= 0.3 is 0 Å². The number of benzene rings is 1. The molecule has 1 aromatic carbocycles. The van der Waals surface area contributed by atoms with Gasteiger partial charge in [0.1, 0.15) is 0 Å². The molecule has 2 heteroatoms. The molecule has 0 unspecified atom stereocenters. The third-order valence-corrected chi connectivity index (χ3v) is 2.68. The highest BCUT2D eigenvalue weighted by atomic mass is 79.9. The lowest BCUT2D eigenvalue weighted by Gasteiger charge is -2.11. The van der Waals surface area contributed by atoms with Crippen LogP contribution in [0.15, 0.2) is 22.7 Å². The summed E-state index contributed by atoms with van der Waals surface area (Å²) in [6.07, 6.45) is 0.974. The summed E-state index contributed by atoms with van der Waals surface area (Å²) in [5.41, 5.74) is 8.37. The summed E-state index contributed by atoms with van der Waals surface area (Å²) in [7, 11) is 0. The third-order valence-electron chi connectivity index (χ3n) is 2.00. The molecule has 1 aromatic rings. The third kappa shape index (κ3) is 2.08. The molecule has 0 amide bonds. The molecule has 12 heavy (non-hydrogen) atoms. The molecule has 1 nitrogen and oxygen atoms in total. The Morgan fingerprint density at radius 2 is 2.17 bits per heavy atom. The minimum absolute atomic E-state index is 0.153. The fourth-order valence-corrected chi connectivity index (χ4v) is 1.94. The minimum atomic E-state index is 0.153. The van der Waals surface area contributed by atoms with Gasteiger partial charge in [-0.05, 0) is 30.5 Å². The van der Waals surface area contributed by atoms with Crippen molar-refractivity contribution in [2.45, 2.75) is 26.3 Å². The largest absolute Gasteiger partial charge is 0.324 e. The Bertz CT molecular complexity index is 271. The Morgan fingerprint density at radius 3 is 2.67 bits per heavy atom. The standard InChI is InChI=1S/C10H14BrN/c1-3-10(12)8-5-4-7(2)6-9(8)11/h4-6,10H,3,12H2,1-2H3/t10-/m0/s1. The van der Waals surface area contributed by atoms with Gasteiger partial charge in [0.2, 0.25) is 0 Å². The van der Waals surface area contributed by atoms with E-state index in [1.54, 1.807) is 0 Å². The summed E-state index contributed by atoms with van der Waals surface area (Å²) in [6, 6.07) is 6.44. The van der Waals surface area contributed by atoms with Crippen molar-refractivity contribution in [1.29, 1.82) is 0 Å². The molecule has 0 aliphatic rings. The smallest absolute Gasteiger partial charge is 0.0303 e. The maximum atomic E-state index is 5.92. The van der Waals surface area contributed by atoms with E-state index in [9.17, 15) is 0 Å². The van der Waals surface area contributed by atoms with Crippen molar-refractivity contribution in [3.05, 3.63) is 33.8 Å². The SMILES string of the molecule is CC[C@H](N)c1ccc(C)cc1Br. The fraction of sp³-hybridized carbons (Fsp3) is 0.400. The molecule has 0 radical (unpaired) electrons. The van der Waals surface area contributed by atoms with Crippen molar-refractivity contribution in [2.24, 2.45) is 5.73 Å². The summed E-state index contributed by atoms with van der Waals surface area (Å²) >= 11 is 3.51. The second-order valence-electron chi connectivity index (χ2n) is 3.04. The van der Waals surface area contributed by atoms with Gasteiger partial charge in [-0.2, -0.15) is 0 Å². The van der Waals surface area contributed by atoms with E-state index in [1.165, 1.54) is 11.1 Å². The summed E-state index contributed by atoms with van der Waals surface area (Å²) < 4.78 is 1.12. The topological polar surface area (TPSA) is 26.0 Å². The lowest BCUT2D eigenvalue weighted by Crippen LogP contribution is -2.09. The van der Waals surface area contributed by atoms with Crippen LogP contribution in [0.1, 0.15) is 30.5 Å². The number of halogens is 1. The molecule has 0 saturated carbocycles. The van der Waals surface area contributed by atoms with E-state index < -0.39 is 0 Å². The summed E-state index contributed by atoms with van der Waals surface area (Å²) in [5, 5.41) is 0. The van der Waals surface area contributed by atoms with Gasteiger partial charge in [0.05, 0.1) is 0 Å². The van der Waals surface area contributed by atoms with Crippen molar-refractivity contribution < 1.29 is 0 Å². The van der Waals surface area contributed by atoms with Crippen LogP contribution in [0.4, 0.5) is 0 Å². The van der Waals surface area contributed by atoms with Gasteiger partial charge in [-0.15, -0.1) is 0 Å². The predicted octanol–water partition coefficient (Wildman–Crippen LogP) is 3.17. The Labute approximate surface area is 82.1 Å². The number of hydrogen-bond donors (Lipinski definition) is 1. The molecule has 0 aliphatic heterocycles. The lowest BCUT2D eigenvalue weighted by molar-refractivity contribution is 0.695. The highest BCUT2D eigenvalue weighted by Crippen LogP contribution is 2.24. The van der Waals surface area contributed by atoms with Gasteiger partial charge in [-0.1, -0.05) is 35.0 Å². The zero-order valence-corrected chi connectivity index (χ0v) is 9.06. The normalized spacial score (nSPS) is 13.0. The van der Waals surface area contributed by atoms with Gasteiger partial charge in [-0.3, -0.25) is 0 Å². The maximum absolute atomic E-state index is 5.92. The van der Waals surface area contributed by atoms with Crippen LogP contribution in [0.5, 0.6) is 0 Å². The molecule has 66 valence electrons. The van der Waals surface area contributed by atoms with Gasteiger partial charge in [-0.25, -0.2) is 0 Å². The van der Waals surface area contributed by atoms with Crippen molar-refractivity contribution in [1.82, 2.24) is 0 Å². The van der Waals surface area contributed by atoms with E-state index in [2.05, 4.69) is 48.0 Å². The first kappa shape index (κ1) is 9.75. The van der Waals surface area contributed by atoms with Crippen LogP contribution in [0.25, 0.3) is 0 Å². The van der Waals surface area contributed by atoms with E-state index in [-0.39, 0.29) is 6.04 Å². The van der Waals surface area contributed by atoms with E-state index in [0.717, 1.165) is 10.9 Å². The molecule has 0 heterocycles. The van der Waals surface area contributed by atoms with Crippen molar-refractivity contribution >= 4 is 15.9 Å². The van der Waals surface area contributed by atoms with Crippen LogP contribution < -0.4 is 5.73 Å². The summed E-state index contributed by atoms with van der Waals surface area (Å²) in [5.74, 6) is 0. The van der Waals surface area contributed by atoms with Crippen molar-refractivity contribution in [3.8, 4) is 0 Å². The van der Waals surface area contributed by atoms with E-state index >= 15 is 0 Å². The van der Waals surface area contributed by atoms with E-state index in [0.29, 0.717) is 0 Å². The Balaban J connectivity index is 3.01. The molecular formula is C10H14BrN. The molecule has 0 saturated heterocycles. The van der Waals surface area contributed by atoms with Gasteiger partial charge < -0.3 is 5.73 Å². The van der Waals surface area contributed by atoms with E-state index in [1.807, 2.05) is 0 Å².